The van der Waals surface area contributed by atoms with Crippen LogP contribution in [-0.4, -0.2) is 68.6 Å². The van der Waals surface area contributed by atoms with Crippen LogP contribution in [0.15, 0.2) is 0 Å². The molecule has 0 bridgehead atoms. The second-order valence-electron chi connectivity index (χ2n) is 5.94. The topological polar surface area (TPSA) is 75.7 Å². The van der Waals surface area contributed by atoms with Gasteiger partial charge >= 0.3 is 5.97 Å². The largest absolute Gasteiger partial charge is 0.465 e. The molecule has 1 aliphatic rings. The average Bonchev–Trinajstić information content (AvgIpc) is 2.35. The number of rotatable bonds is 5. The third kappa shape index (κ3) is 4.43. The Labute approximate surface area is 121 Å². The van der Waals surface area contributed by atoms with Gasteiger partial charge in [0.1, 0.15) is 6.04 Å². The highest BCUT2D eigenvalue weighted by Crippen LogP contribution is 2.17. The molecule has 1 rings (SSSR count). The Morgan fingerprint density at radius 3 is 2.60 bits per heavy atom. The van der Waals surface area contributed by atoms with E-state index in [1.807, 2.05) is 4.90 Å². The van der Waals surface area contributed by atoms with Crippen molar-refractivity contribution in [2.45, 2.75) is 38.5 Å². The first-order valence-corrected chi connectivity index (χ1v) is 8.68. The molecule has 1 fully saturated rings. The van der Waals surface area contributed by atoms with Crippen LogP contribution in [0.2, 0.25) is 0 Å². The van der Waals surface area contributed by atoms with Gasteiger partial charge in [-0.25, -0.2) is 8.42 Å². The van der Waals surface area contributed by atoms with E-state index in [1.165, 1.54) is 0 Å². The zero-order valence-electron chi connectivity index (χ0n) is 12.8. The van der Waals surface area contributed by atoms with Crippen LogP contribution in [0.25, 0.3) is 0 Å². The number of esters is 1. The van der Waals surface area contributed by atoms with Crippen molar-refractivity contribution in [3.63, 3.8) is 0 Å². The molecule has 1 aliphatic heterocycles. The molecule has 0 aromatic heterocycles. The van der Waals surface area contributed by atoms with Crippen LogP contribution in [0, 0.1) is 0 Å². The van der Waals surface area contributed by atoms with Gasteiger partial charge in [-0.05, 0) is 27.7 Å². The predicted octanol–water partition coefficient (Wildman–Crippen LogP) is 0.0366. The summed E-state index contributed by atoms with van der Waals surface area (Å²) in [5.74, 6) is -0.222. The third-order valence-corrected chi connectivity index (χ3v) is 6.08. The quantitative estimate of drug-likeness (QED) is 0.723. The predicted molar refractivity (Wildman–Crippen MR) is 78.4 cm³/mol. The lowest BCUT2D eigenvalue weighted by Crippen LogP contribution is -2.56. The summed E-state index contributed by atoms with van der Waals surface area (Å²) in [7, 11) is -3.17. The summed E-state index contributed by atoms with van der Waals surface area (Å²) in [6.45, 7) is 9.48. The summed E-state index contributed by atoms with van der Waals surface area (Å²) in [5, 5.41) is 3.14. The minimum absolute atomic E-state index is 0.0619. The van der Waals surface area contributed by atoms with E-state index in [1.54, 1.807) is 27.7 Å². The highest BCUT2D eigenvalue weighted by Gasteiger charge is 2.33. The number of nitrogens with one attached hydrogen (secondary N) is 1. The highest BCUT2D eigenvalue weighted by atomic mass is 32.2. The van der Waals surface area contributed by atoms with Crippen LogP contribution in [0.1, 0.15) is 27.7 Å². The maximum Gasteiger partial charge on any atom is 0.324 e. The van der Waals surface area contributed by atoms with Crippen molar-refractivity contribution in [3.8, 4) is 0 Å². The van der Waals surface area contributed by atoms with E-state index < -0.39 is 14.6 Å². The van der Waals surface area contributed by atoms with Crippen molar-refractivity contribution in [1.82, 2.24) is 10.2 Å². The number of carbonyl (C=O) groups excluding carboxylic acids is 1. The number of hydrogen-bond donors (Lipinski definition) is 1. The molecule has 0 aromatic rings. The van der Waals surface area contributed by atoms with E-state index in [4.69, 9.17) is 4.74 Å². The van der Waals surface area contributed by atoms with E-state index in [9.17, 15) is 13.2 Å². The van der Waals surface area contributed by atoms with Gasteiger partial charge in [0.2, 0.25) is 0 Å². The van der Waals surface area contributed by atoms with Gasteiger partial charge in [0, 0.05) is 26.2 Å². The Kier molecular flexibility index (Phi) is 5.97. The van der Waals surface area contributed by atoms with Crippen molar-refractivity contribution in [2.75, 3.05) is 38.5 Å². The molecule has 118 valence electrons. The van der Waals surface area contributed by atoms with Crippen LogP contribution >= 0.6 is 0 Å². The normalized spacial score (nSPS) is 21.7. The molecular weight excluding hydrogens is 280 g/mol. The monoisotopic (exact) mass is 306 g/mol. The number of ether oxygens (including phenoxy) is 1. The lowest BCUT2D eigenvalue weighted by Gasteiger charge is -2.34. The average molecular weight is 306 g/mol. The Morgan fingerprint density at radius 1 is 1.40 bits per heavy atom. The summed E-state index contributed by atoms with van der Waals surface area (Å²) in [4.78, 5) is 13.8. The summed E-state index contributed by atoms with van der Waals surface area (Å²) in [5.41, 5.74) is 0. The number of sulfone groups is 1. The number of hydrogen-bond acceptors (Lipinski definition) is 6. The fourth-order valence-electron chi connectivity index (χ4n) is 2.03. The molecule has 20 heavy (non-hydrogen) atoms. The standard InChI is InChI=1S/C13H26N2O4S/c1-5-19-12(16)11-10-14-6-7-15(11)8-9-20(17,18)13(2,3)4/h11,14H,5-10H2,1-4H3. The lowest BCUT2D eigenvalue weighted by atomic mass is 10.2. The van der Waals surface area contributed by atoms with Gasteiger partial charge in [-0.1, -0.05) is 0 Å². The maximum atomic E-state index is 12.1. The van der Waals surface area contributed by atoms with Crippen molar-refractivity contribution in [2.24, 2.45) is 0 Å². The van der Waals surface area contributed by atoms with Crippen molar-refractivity contribution >= 4 is 15.8 Å². The molecule has 1 heterocycles. The molecule has 0 saturated carbocycles. The zero-order valence-corrected chi connectivity index (χ0v) is 13.6. The molecule has 1 saturated heterocycles. The number of piperazine rings is 1. The Morgan fingerprint density at radius 2 is 2.05 bits per heavy atom. The van der Waals surface area contributed by atoms with Gasteiger partial charge in [0.05, 0.1) is 17.1 Å². The van der Waals surface area contributed by atoms with Gasteiger partial charge in [0.25, 0.3) is 0 Å². The summed E-state index contributed by atoms with van der Waals surface area (Å²) < 4.78 is 28.6. The fourth-order valence-corrected chi connectivity index (χ4v) is 3.12. The molecule has 1 N–H and O–H groups in total. The van der Waals surface area contributed by atoms with Crippen LogP contribution in [0.5, 0.6) is 0 Å². The van der Waals surface area contributed by atoms with Crippen LogP contribution < -0.4 is 5.32 Å². The van der Waals surface area contributed by atoms with Crippen molar-refractivity contribution in [3.05, 3.63) is 0 Å². The Balaban J connectivity index is 2.66. The van der Waals surface area contributed by atoms with Crippen LogP contribution in [-0.2, 0) is 19.4 Å². The van der Waals surface area contributed by atoms with E-state index >= 15 is 0 Å². The maximum absolute atomic E-state index is 12.1. The van der Waals surface area contributed by atoms with E-state index in [-0.39, 0.29) is 17.8 Å². The van der Waals surface area contributed by atoms with E-state index in [0.29, 0.717) is 26.2 Å². The summed E-state index contributed by atoms with van der Waals surface area (Å²) in [6.07, 6.45) is 0. The van der Waals surface area contributed by atoms with E-state index in [0.717, 1.165) is 6.54 Å². The zero-order chi connectivity index (χ0) is 15.4. The van der Waals surface area contributed by atoms with Gasteiger partial charge in [-0.15, -0.1) is 0 Å². The molecule has 0 radical (unpaired) electrons. The first kappa shape index (κ1) is 17.4. The molecule has 0 aromatic carbocycles. The second kappa shape index (κ2) is 6.87. The minimum Gasteiger partial charge on any atom is -0.465 e. The number of nitrogens with zero attached hydrogens (tertiary/aromatic N) is 1. The Bertz CT molecular complexity index is 428. The van der Waals surface area contributed by atoms with Crippen LogP contribution in [0.4, 0.5) is 0 Å². The molecule has 0 amide bonds. The second-order valence-corrected chi connectivity index (χ2v) is 8.80. The van der Waals surface area contributed by atoms with Crippen molar-refractivity contribution < 1.29 is 17.9 Å². The molecule has 7 heteroatoms. The molecule has 6 nitrogen and oxygen atoms in total. The Hall–Kier alpha value is -0.660. The first-order valence-electron chi connectivity index (χ1n) is 7.02. The molecule has 1 unspecified atom stereocenters. The fraction of sp³-hybridized carbons (Fsp3) is 0.923. The van der Waals surface area contributed by atoms with Gasteiger partial charge < -0.3 is 10.1 Å². The first-order chi connectivity index (χ1) is 9.19. The smallest absolute Gasteiger partial charge is 0.324 e. The summed E-state index contributed by atoms with van der Waals surface area (Å²) >= 11 is 0. The molecule has 0 aliphatic carbocycles. The minimum atomic E-state index is -3.17. The van der Waals surface area contributed by atoms with Gasteiger partial charge in [0.15, 0.2) is 9.84 Å². The van der Waals surface area contributed by atoms with Gasteiger partial charge in [-0.3, -0.25) is 9.69 Å². The SMILES string of the molecule is CCOC(=O)C1CNCCN1CCS(=O)(=O)C(C)(C)C. The summed E-state index contributed by atoms with van der Waals surface area (Å²) in [6, 6.07) is -0.390. The molecule has 0 spiro atoms. The van der Waals surface area contributed by atoms with Gasteiger partial charge in [-0.2, -0.15) is 0 Å². The molecule has 1 atom stereocenters. The third-order valence-electron chi connectivity index (χ3n) is 3.49. The van der Waals surface area contributed by atoms with E-state index in [2.05, 4.69) is 5.32 Å². The van der Waals surface area contributed by atoms with Crippen molar-refractivity contribution in [1.29, 1.82) is 0 Å². The lowest BCUT2D eigenvalue weighted by molar-refractivity contribution is -0.150. The highest BCUT2D eigenvalue weighted by molar-refractivity contribution is 7.92. The van der Waals surface area contributed by atoms with Crippen LogP contribution in [0.3, 0.4) is 0 Å². The molecular formula is C13H26N2O4S. The number of carbonyl (C=O) groups is 1.